The summed E-state index contributed by atoms with van der Waals surface area (Å²) in [6.45, 7) is 0. The first kappa shape index (κ1) is 22.8. The number of amides is 2. The van der Waals surface area contributed by atoms with Crippen LogP contribution in [0.5, 0.6) is 17.2 Å². The lowest BCUT2D eigenvalue weighted by molar-refractivity contribution is -0.596. The van der Waals surface area contributed by atoms with Crippen molar-refractivity contribution in [3.8, 4) is 17.2 Å². The van der Waals surface area contributed by atoms with Gasteiger partial charge < -0.3 is 19.5 Å². The van der Waals surface area contributed by atoms with Gasteiger partial charge in [-0.25, -0.2) is 0 Å². The third-order valence-electron chi connectivity index (χ3n) is 5.62. The van der Waals surface area contributed by atoms with Gasteiger partial charge >= 0.3 is 5.91 Å². The van der Waals surface area contributed by atoms with Crippen LogP contribution in [0.15, 0.2) is 72.8 Å². The molecule has 1 fully saturated rings. The Morgan fingerprint density at radius 2 is 1.50 bits per heavy atom. The lowest BCUT2D eigenvalue weighted by Gasteiger charge is -2.15. The SMILES string of the molecule is COc1ccc(C(=O)N[C@@H]2C(=O)N/[N+](=C\c3cccc(OC)c3)[C@@H]2c2ccc(OC)cc2)cc1. The van der Waals surface area contributed by atoms with Crippen molar-refractivity contribution in [2.24, 2.45) is 0 Å². The molecule has 2 atom stereocenters. The maximum Gasteiger partial charge on any atom is 0.304 e. The standard InChI is InChI=1S/C26H25N3O5/c1-32-20-11-7-18(8-12-20)24-23(27-25(30)19-9-13-21(33-2)14-10-19)26(31)28-29(24)16-17-5-4-6-22(15-17)34-3/h4-16,23-24H,1-3H3,(H-,27,28,30,31)/p+1/b29-16-/t23-,24+/m0/s1. The van der Waals surface area contributed by atoms with E-state index < -0.39 is 12.1 Å². The molecule has 2 N–H and O–H groups in total. The zero-order chi connectivity index (χ0) is 24.1. The number of nitrogens with one attached hydrogen (secondary N) is 2. The normalized spacial score (nSPS) is 18.3. The van der Waals surface area contributed by atoms with Crippen LogP contribution < -0.4 is 25.0 Å². The molecule has 8 heteroatoms. The van der Waals surface area contributed by atoms with Gasteiger partial charge in [-0.1, -0.05) is 6.07 Å². The minimum atomic E-state index is -0.829. The topological polar surface area (TPSA) is 88.9 Å². The van der Waals surface area contributed by atoms with Crippen LogP contribution in [0.2, 0.25) is 0 Å². The number of ether oxygens (including phenoxy) is 3. The average Bonchev–Trinajstić information content (AvgIpc) is 3.18. The Hall–Kier alpha value is -4.33. The van der Waals surface area contributed by atoms with Crippen molar-refractivity contribution in [2.45, 2.75) is 12.1 Å². The minimum absolute atomic E-state index is 0.318. The fourth-order valence-corrected chi connectivity index (χ4v) is 3.83. The quantitative estimate of drug-likeness (QED) is 0.530. The molecule has 174 valence electrons. The van der Waals surface area contributed by atoms with E-state index in [0.29, 0.717) is 22.8 Å². The molecule has 4 rings (SSSR count). The van der Waals surface area contributed by atoms with Gasteiger partial charge in [0.25, 0.3) is 5.91 Å². The summed E-state index contributed by atoms with van der Waals surface area (Å²) in [6.07, 6.45) is 1.81. The Balaban J connectivity index is 1.68. The molecule has 0 unspecified atom stereocenters. The summed E-state index contributed by atoms with van der Waals surface area (Å²) in [5.74, 6) is 1.37. The van der Waals surface area contributed by atoms with Gasteiger partial charge in [-0.3, -0.25) is 9.59 Å². The van der Waals surface area contributed by atoms with Crippen LogP contribution in [0, 0.1) is 0 Å². The van der Waals surface area contributed by atoms with Crippen molar-refractivity contribution < 1.29 is 28.5 Å². The molecule has 0 aliphatic carbocycles. The first-order chi connectivity index (χ1) is 16.5. The summed E-state index contributed by atoms with van der Waals surface area (Å²) in [6, 6.07) is 20.3. The summed E-state index contributed by atoms with van der Waals surface area (Å²) in [7, 11) is 4.75. The van der Waals surface area contributed by atoms with E-state index in [9.17, 15) is 9.59 Å². The highest BCUT2D eigenvalue weighted by molar-refractivity contribution is 5.98. The molecular weight excluding hydrogens is 434 g/mol. The van der Waals surface area contributed by atoms with Crippen LogP contribution in [-0.2, 0) is 4.79 Å². The molecule has 3 aromatic carbocycles. The van der Waals surface area contributed by atoms with E-state index in [0.717, 1.165) is 11.1 Å². The summed E-state index contributed by atoms with van der Waals surface area (Å²) in [5, 5.41) is 2.89. The second kappa shape index (κ2) is 10.1. The Morgan fingerprint density at radius 3 is 2.12 bits per heavy atom. The number of carbonyl (C=O) groups is 2. The van der Waals surface area contributed by atoms with Gasteiger partial charge in [0.2, 0.25) is 12.3 Å². The van der Waals surface area contributed by atoms with Gasteiger partial charge in [0.1, 0.15) is 17.2 Å². The third kappa shape index (κ3) is 4.85. The number of methoxy groups -OCH3 is 3. The van der Waals surface area contributed by atoms with E-state index >= 15 is 0 Å². The van der Waals surface area contributed by atoms with Gasteiger partial charge in [-0.2, -0.15) is 0 Å². The molecule has 1 heterocycles. The first-order valence-corrected chi connectivity index (χ1v) is 10.7. The van der Waals surface area contributed by atoms with Crippen LogP contribution in [0.1, 0.15) is 27.5 Å². The molecule has 1 aliphatic heterocycles. The second-order valence-electron chi connectivity index (χ2n) is 7.69. The lowest BCUT2D eigenvalue weighted by atomic mass is 9.99. The number of benzene rings is 3. The number of hydrazone groups is 1. The van der Waals surface area contributed by atoms with Crippen LogP contribution >= 0.6 is 0 Å². The minimum Gasteiger partial charge on any atom is -0.497 e. The molecule has 3 aromatic rings. The molecule has 1 saturated heterocycles. The highest BCUT2D eigenvalue weighted by Gasteiger charge is 2.47. The molecule has 34 heavy (non-hydrogen) atoms. The fourth-order valence-electron chi connectivity index (χ4n) is 3.83. The lowest BCUT2D eigenvalue weighted by Crippen LogP contribution is -2.42. The molecule has 0 saturated carbocycles. The van der Waals surface area contributed by atoms with E-state index in [2.05, 4.69) is 10.7 Å². The highest BCUT2D eigenvalue weighted by atomic mass is 16.5. The largest absolute Gasteiger partial charge is 0.497 e. The van der Waals surface area contributed by atoms with E-state index in [1.807, 2.05) is 54.7 Å². The van der Waals surface area contributed by atoms with Crippen molar-refractivity contribution in [3.05, 3.63) is 89.5 Å². The smallest absolute Gasteiger partial charge is 0.304 e. The highest BCUT2D eigenvalue weighted by Crippen LogP contribution is 2.27. The van der Waals surface area contributed by atoms with Crippen molar-refractivity contribution in [1.82, 2.24) is 10.7 Å². The van der Waals surface area contributed by atoms with E-state index in [1.54, 1.807) is 50.3 Å². The van der Waals surface area contributed by atoms with Gasteiger partial charge in [0.15, 0.2) is 6.04 Å². The maximum absolute atomic E-state index is 13.0. The fraction of sp³-hybridized carbons (Fsp3) is 0.192. The monoisotopic (exact) mass is 460 g/mol. The number of rotatable bonds is 7. The van der Waals surface area contributed by atoms with Crippen molar-refractivity contribution in [1.29, 1.82) is 0 Å². The number of hydrogen-bond donors (Lipinski definition) is 2. The van der Waals surface area contributed by atoms with Crippen molar-refractivity contribution in [2.75, 3.05) is 21.3 Å². The van der Waals surface area contributed by atoms with Crippen LogP contribution in [0.3, 0.4) is 0 Å². The van der Waals surface area contributed by atoms with Crippen LogP contribution in [-0.4, -0.2) is 50.1 Å². The molecule has 0 aromatic heterocycles. The number of hydrazine groups is 1. The van der Waals surface area contributed by atoms with Crippen molar-refractivity contribution in [3.63, 3.8) is 0 Å². The zero-order valence-corrected chi connectivity index (χ0v) is 19.1. The van der Waals surface area contributed by atoms with Crippen LogP contribution in [0.25, 0.3) is 0 Å². The number of nitrogens with zero attached hydrogens (tertiary/aromatic N) is 1. The summed E-state index contributed by atoms with van der Waals surface area (Å²) >= 11 is 0. The average molecular weight is 461 g/mol. The zero-order valence-electron chi connectivity index (χ0n) is 19.1. The van der Waals surface area contributed by atoms with Gasteiger partial charge in [0, 0.05) is 16.7 Å². The van der Waals surface area contributed by atoms with Crippen molar-refractivity contribution >= 4 is 18.0 Å². The summed E-state index contributed by atoms with van der Waals surface area (Å²) in [5.41, 5.74) is 4.97. The molecule has 2 amide bonds. The summed E-state index contributed by atoms with van der Waals surface area (Å²) in [4.78, 5) is 26.0. The molecule has 8 nitrogen and oxygen atoms in total. The predicted molar refractivity (Wildman–Crippen MR) is 127 cm³/mol. The first-order valence-electron chi connectivity index (χ1n) is 10.7. The van der Waals surface area contributed by atoms with E-state index in [1.165, 1.54) is 0 Å². The number of hydrogen-bond acceptors (Lipinski definition) is 5. The van der Waals surface area contributed by atoms with Gasteiger partial charge in [-0.15, -0.1) is 10.1 Å². The van der Waals surface area contributed by atoms with Crippen LogP contribution in [0.4, 0.5) is 0 Å². The Kier molecular flexibility index (Phi) is 6.77. The van der Waals surface area contributed by atoms with E-state index in [4.69, 9.17) is 14.2 Å². The second-order valence-corrected chi connectivity index (χ2v) is 7.69. The molecule has 1 aliphatic rings. The molecular formula is C26H26N3O5+. The van der Waals surface area contributed by atoms with Gasteiger partial charge in [0.05, 0.1) is 21.3 Å². The Morgan fingerprint density at radius 1 is 0.882 bits per heavy atom. The summed E-state index contributed by atoms with van der Waals surface area (Å²) < 4.78 is 17.4. The Labute approximate surface area is 197 Å². The predicted octanol–water partition coefficient (Wildman–Crippen LogP) is 2.73. The molecule has 0 radical (unpaired) electrons. The Bertz CT molecular complexity index is 1210. The van der Waals surface area contributed by atoms with Gasteiger partial charge in [-0.05, 0) is 66.7 Å². The van der Waals surface area contributed by atoms with E-state index in [-0.39, 0.29) is 11.8 Å². The third-order valence-corrected chi connectivity index (χ3v) is 5.62. The maximum atomic E-state index is 13.0. The number of carbonyl (C=O) groups excluding carboxylic acids is 2. The molecule has 0 spiro atoms. The molecule has 0 bridgehead atoms.